The second-order valence-corrected chi connectivity index (χ2v) is 6.72. The van der Waals surface area contributed by atoms with Gasteiger partial charge in [0.2, 0.25) is 0 Å². The van der Waals surface area contributed by atoms with Crippen LogP contribution in [-0.2, 0) is 9.59 Å². The molecule has 0 bridgehead atoms. The molecule has 0 aromatic heterocycles. The average Bonchev–Trinajstić information content (AvgIpc) is 3.05. The number of anilines is 1. The van der Waals surface area contributed by atoms with Gasteiger partial charge in [-0.2, -0.15) is 0 Å². The SMILES string of the molecule is O=C1C(=O)N(c2ccccc2)C(c2cccc([N+](=O)[O-])c2)C1=C(O)c1ccccc1. The highest BCUT2D eigenvalue weighted by atomic mass is 16.6. The summed E-state index contributed by atoms with van der Waals surface area (Å²) < 4.78 is 0. The molecule has 1 atom stereocenters. The minimum atomic E-state index is -1.01. The Labute approximate surface area is 171 Å². The average molecular weight is 400 g/mol. The molecule has 1 amide bonds. The highest BCUT2D eigenvalue weighted by Crippen LogP contribution is 2.42. The standard InChI is InChI=1S/C23H16N2O5/c26-21(15-8-3-1-4-9-15)19-20(16-10-7-13-18(14-16)25(29)30)24(23(28)22(19)27)17-11-5-2-6-12-17/h1-14,20,26H. The number of aliphatic hydroxyl groups excluding tert-OH is 1. The molecule has 7 nitrogen and oxygen atoms in total. The fourth-order valence-corrected chi connectivity index (χ4v) is 3.56. The van der Waals surface area contributed by atoms with Gasteiger partial charge in [0.05, 0.1) is 16.5 Å². The summed E-state index contributed by atoms with van der Waals surface area (Å²) in [7, 11) is 0. The molecule has 3 aromatic rings. The molecule has 1 heterocycles. The molecule has 1 saturated heterocycles. The zero-order valence-electron chi connectivity index (χ0n) is 15.6. The first-order chi connectivity index (χ1) is 14.5. The number of benzene rings is 3. The van der Waals surface area contributed by atoms with Crippen LogP contribution < -0.4 is 4.90 Å². The number of hydrogen-bond donors (Lipinski definition) is 1. The summed E-state index contributed by atoms with van der Waals surface area (Å²) in [5.41, 5.74) is 0.883. The maximum atomic E-state index is 13.0. The van der Waals surface area contributed by atoms with Crippen LogP contribution >= 0.6 is 0 Å². The van der Waals surface area contributed by atoms with Gasteiger partial charge in [-0.25, -0.2) is 0 Å². The molecule has 30 heavy (non-hydrogen) atoms. The van der Waals surface area contributed by atoms with Crippen LogP contribution in [-0.4, -0.2) is 21.7 Å². The number of amides is 1. The molecule has 3 aromatic carbocycles. The van der Waals surface area contributed by atoms with E-state index in [1.807, 2.05) is 0 Å². The normalized spacial score (nSPS) is 17.9. The molecule has 1 aliphatic heterocycles. The number of carbonyl (C=O) groups excluding carboxylic acids is 2. The van der Waals surface area contributed by atoms with Crippen LogP contribution in [0.15, 0.2) is 90.5 Å². The molecule has 0 spiro atoms. The second-order valence-electron chi connectivity index (χ2n) is 6.72. The lowest BCUT2D eigenvalue weighted by Gasteiger charge is -2.25. The van der Waals surface area contributed by atoms with Crippen molar-refractivity contribution in [1.29, 1.82) is 0 Å². The number of nitrogens with zero attached hydrogens (tertiary/aromatic N) is 2. The number of carbonyl (C=O) groups is 2. The van der Waals surface area contributed by atoms with E-state index in [2.05, 4.69) is 0 Å². The summed E-state index contributed by atoms with van der Waals surface area (Å²) in [6.45, 7) is 0. The Morgan fingerprint density at radius 2 is 1.53 bits per heavy atom. The first-order valence-electron chi connectivity index (χ1n) is 9.15. The molecule has 0 aliphatic carbocycles. The summed E-state index contributed by atoms with van der Waals surface area (Å²) in [5, 5.41) is 22.2. The van der Waals surface area contributed by atoms with Crippen molar-refractivity contribution >= 4 is 28.8 Å². The maximum Gasteiger partial charge on any atom is 0.300 e. The number of Topliss-reactive ketones (excluding diaryl/α,β-unsaturated/α-hetero) is 1. The van der Waals surface area contributed by atoms with Gasteiger partial charge in [-0.1, -0.05) is 60.7 Å². The number of nitro groups is 1. The summed E-state index contributed by atoms with van der Waals surface area (Å²) in [6.07, 6.45) is 0. The van der Waals surface area contributed by atoms with Gasteiger partial charge < -0.3 is 5.11 Å². The van der Waals surface area contributed by atoms with Gasteiger partial charge in [-0.05, 0) is 17.7 Å². The third kappa shape index (κ3) is 3.22. The quantitative estimate of drug-likeness (QED) is 0.232. The van der Waals surface area contributed by atoms with Crippen molar-refractivity contribution < 1.29 is 19.6 Å². The molecule has 1 unspecified atom stereocenters. The molecule has 4 rings (SSSR count). The van der Waals surface area contributed by atoms with Gasteiger partial charge >= 0.3 is 0 Å². The molecule has 1 fully saturated rings. The van der Waals surface area contributed by atoms with Crippen molar-refractivity contribution in [3.05, 3.63) is 112 Å². The Morgan fingerprint density at radius 3 is 2.17 bits per heavy atom. The summed E-state index contributed by atoms with van der Waals surface area (Å²) in [4.78, 5) is 37.9. The smallest absolute Gasteiger partial charge is 0.300 e. The van der Waals surface area contributed by atoms with Crippen molar-refractivity contribution in [2.24, 2.45) is 0 Å². The predicted octanol–water partition coefficient (Wildman–Crippen LogP) is 4.22. The topological polar surface area (TPSA) is 101 Å². The van der Waals surface area contributed by atoms with E-state index in [1.165, 1.54) is 23.1 Å². The minimum absolute atomic E-state index is 0.115. The molecule has 7 heteroatoms. The lowest BCUT2D eigenvalue weighted by molar-refractivity contribution is -0.384. The molecule has 1 N–H and O–H groups in total. The molecule has 1 aliphatic rings. The zero-order chi connectivity index (χ0) is 21.3. The van der Waals surface area contributed by atoms with Crippen LogP contribution in [0.3, 0.4) is 0 Å². The van der Waals surface area contributed by atoms with Gasteiger partial charge in [0.1, 0.15) is 5.76 Å². The van der Waals surface area contributed by atoms with Gasteiger partial charge in [0.25, 0.3) is 17.4 Å². The van der Waals surface area contributed by atoms with E-state index in [0.717, 1.165) is 0 Å². The van der Waals surface area contributed by atoms with Crippen molar-refractivity contribution in [3.63, 3.8) is 0 Å². The van der Waals surface area contributed by atoms with Crippen LogP contribution in [0.5, 0.6) is 0 Å². The fourth-order valence-electron chi connectivity index (χ4n) is 3.56. The zero-order valence-corrected chi connectivity index (χ0v) is 15.6. The van der Waals surface area contributed by atoms with Crippen LogP contribution in [0.4, 0.5) is 11.4 Å². The molecule has 148 valence electrons. The van der Waals surface area contributed by atoms with Crippen LogP contribution in [0.25, 0.3) is 5.76 Å². The van der Waals surface area contributed by atoms with Crippen molar-refractivity contribution in [2.45, 2.75) is 6.04 Å². The van der Waals surface area contributed by atoms with E-state index in [9.17, 15) is 24.8 Å². The van der Waals surface area contributed by atoms with Crippen LogP contribution in [0.2, 0.25) is 0 Å². The van der Waals surface area contributed by atoms with Crippen LogP contribution in [0, 0.1) is 10.1 Å². The Bertz CT molecular complexity index is 1170. The predicted molar refractivity (Wildman–Crippen MR) is 111 cm³/mol. The summed E-state index contributed by atoms with van der Waals surface area (Å²) in [6, 6.07) is 21.7. The summed E-state index contributed by atoms with van der Waals surface area (Å²) in [5.74, 6) is -1.99. The number of non-ortho nitro benzene ring substituents is 1. The van der Waals surface area contributed by atoms with E-state index in [0.29, 0.717) is 16.8 Å². The number of hydrogen-bond acceptors (Lipinski definition) is 5. The Hall–Kier alpha value is -4.26. The van der Waals surface area contributed by atoms with Crippen molar-refractivity contribution in [2.75, 3.05) is 4.90 Å². The molecular weight excluding hydrogens is 384 g/mol. The lowest BCUT2D eigenvalue weighted by Crippen LogP contribution is -2.29. The third-order valence-electron chi connectivity index (χ3n) is 4.92. The van der Waals surface area contributed by atoms with Gasteiger partial charge in [0, 0.05) is 23.4 Å². The number of rotatable bonds is 4. The number of para-hydroxylation sites is 1. The Kier molecular flexibility index (Phi) is 4.85. The van der Waals surface area contributed by atoms with Crippen molar-refractivity contribution in [1.82, 2.24) is 0 Å². The summed E-state index contributed by atoms with van der Waals surface area (Å²) >= 11 is 0. The first kappa shape index (κ1) is 19.1. The van der Waals surface area contributed by atoms with Gasteiger partial charge in [-0.15, -0.1) is 0 Å². The monoisotopic (exact) mass is 400 g/mol. The second kappa shape index (κ2) is 7.63. The molecule has 0 saturated carbocycles. The highest BCUT2D eigenvalue weighted by molar-refractivity contribution is 6.51. The van der Waals surface area contributed by atoms with Gasteiger partial charge in [-0.3, -0.25) is 24.6 Å². The maximum absolute atomic E-state index is 13.0. The Morgan fingerprint density at radius 1 is 0.900 bits per heavy atom. The number of aliphatic hydroxyl groups is 1. The van der Waals surface area contributed by atoms with E-state index >= 15 is 0 Å². The van der Waals surface area contributed by atoms with E-state index in [-0.39, 0.29) is 17.0 Å². The largest absolute Gasteiger partial charge is 0.507 e. The minimum Gasteiger partial charge on any atom is -0.507 e. The highest BCUT2D eigenvalue weighted by Gasteiger charge is 2.47. The van der Waals surface area contributed by atoms with E-state index < -0.39 is 22.7 Å². The van der Waals surface area contributed by atoms with E-state index in [1.54, 1.807) is 66.7 Å². The molecular formula is C23H16N2O5. The van der Waals surface area contributed by atoms with Gasteiger partial charge in [0.15, 0.2) is 0 Å². The lowest BCUT2D eigenvalue weighted by atomic mass is 9.95. The van der Waals surface area contributed by atoms with Crippen molar-refractivity contribution in [3.8, 4) is 0 Å². The Balaban J connectivity index is 1.97. The third-order valence-corrected chi connectivity index (χ3v) is 4.92. The number of ketones is 1. The first-order valence-corrected chi connectivity index (χ1v) is 9.15. The van der Waals surface area contributed by atoms with E-state index in [4.69, 9.17) is 0 Å². The van der Waals surface area contributed by atoms with Crippen LogP contribution in [0.1, 0.15) is 17.2 Å². The number of nitro benzene ring substituents is 1. The fraction of sp³-hybridized carbons (Fsp3) is 0.0435. The molecule has 0 radical (unpaired) electrons.